The Morgan fingerprint density at radius 2 is 2.05 bits per heavy atom. The Bertz CT molecular complexity index is 605. The SMILES string of the molecule is CNCc1cc(S(=O)(=O)N2CCCC2C)c(Cl)cc1Cl. The van der Waals surface area contributed by atoms with Gasteiger partial charge in [-0.1, -0.05) is 23.2 Å². The molecule has 1 aliphatic heterocycles. The van der Waals surface area contributed by atoms with Crippen LogP contribution in [0.15, 0.2) is 17.0 Å². The first kappa shape index (κ1) is 16.0. The van der Waals surface area contributed by atoms with Gasteiger partial charge in [-0.05, 0) is 44.5 Å². The Balaban J connectivity index is 2.48. The Morgan fingerprint density at radius 3 is 2.60 bits per heavy atom. The Morgan fingerprint density at radius 1 is 1.35 bits per heavy atom. The molecule has 1 aromatic rings. The van der Waals surface area contributed by atoms with Crippen LogP contribution in [-0.4, -0.2) is 32.4 Å². The summed E-state index contributed by atoms with van der Waals surface area (Å²) < 4.78 is 26.9. The van der Waals surface area contributed by atoms with Crippen molar-refractivity contribution in [3.05, 3.63) is 27.7 Å². The lowest BCUT2D eigenvalue weighted by Gasteiger charge is -2.22. The van der Waals surface area contributed by atoms with E-state index in [-0.39, 0.29) is 16.0 Å². The number of nitrogens with one attached hydrogen (secondary N) is 1. The lowest BCUT2D eigenvalue weighted by atomic mass is 10.2. The van der Waals surface area contributed by atoms with Gasteiger partial charge in [0.1, 0.15) is 4.90 Å². The van der Waals surface area contributed by atoms with E-state index >= 15 is 0 Å². The first-order valence-corrected chi connectivity index (χ1v) is 8.72. The van der Waals surface area contributed by atoms with Crippen molar-refractivity contribution in [2.75, 3.05) is 13.6 Å². The van der Waals surface area contributed by atoms with Crippen molar-refractivity contribution in [3.8, 4) is 0 Å². The van der Waals surface area contributed by atoms with Crippen LogP contribution in [-0.2, 0) is 16.6 Å². The lowest BCUT2D eigenvalue weighted by Crippen LogP contribution is -2.34. The maximum atomic E-state index is 12.7. The van der Waals surface area contributed by atoms with Crippen molar-refractivity contribution < 1.29 is 8.42 Å². The fraction of sp³-hybridized carbons (Fsp3) is 0.538. The summed E-state index contributed by atoms with van der Waals surface area (Å²) in [5, 5.41) is 3.61. The van der Waals surface area contributed by atoms with Crippen molar-refractivity contribution >= 4 is 33.2 Å². The summed E-state index contributed by atoms with van der Waals surface area (Å²) in [5.41, 5.74) is 0.726. The number of sulfonamides is 1. The highest BCUT2D eigenvalue weighted by Crippen LogP contribution is 2.33. The van der Waals surface area contributed by atoms with Crippen LogP contribution in [0.4, 0.5) is 0 Å². The Kier molecular flexibility index (Phi) is 4.97. The first-order chi connectivity index (χ1) is 9.37. The number of nitrogens with zero attached hydrogens (tertiary/aromatic N) is 1. The van der Waals surface area contributed by atoms with Crippen molar-refractivity contribution in [1.29, 1.82) is 0 Å². The van der Waals surface area contributed by atoms with Crippen LogP contribution < -0.4 is 5.32 Å². The van der Waals surface area contributed by atoms with E-state index in [1.165, 1.54) is 10.4 Å². The van der Waals surface area contributed by atoms with Crippen LogP contribution in [0.5, 0.6) is 0 Å². The molecule has 0 aliphatic carbocycles. The van der Waals surface area contributed by atoms with Crippen LogP contribution in [0.25, 0.3) is 0 Å². The summed E-state index contributed by atoms with van der Waals surface area (Å²) in [6.45, 7) is 2.96. The van der Waals surface area contributed by atoms with Crippen molar-refractivity contribution in [2.45, 2.75) is 37.2 Å². The van der Waals surface area contributed by atoms with Gasteiger partial charge < -0.3 is 5.32 Å². The number of hydrogen-bond acceptors (Lipinski definition) is 3. The third-order valence-electron chi connectivity index (χ3n) is 3.55. The smallest absolute Gasteiger partial charge is 0.244 e. The summed E-state index contributed by atoms with van der Waals surface area (Å²) in [6.07, 6.45) is 1.77. The number of rotatable bonds is 4. The van der Waals surface area contributed by atoms with E-state index in [2.05, 4.69) is 5.32 Å². The molecule has 0 bridgehead atoms. The quantitative estimate of drug-likeness (QED) is 0.919. The molecule has 1 fully saturated rings. The van der Waals surface area contributed by atoms with Gasteiger partial charge in [0.05, 0.1) is 5.02 Å². The van der Waals surface area contributed by atoms with E-state index in [1.54, 1.807) is 13.1 Å². The molecule has 1 saturated heterocycles. The molecule has 112 valence electrons. The highest BCUT2D eigenvalue weighted by molar-refractivity contribution is 7.89. The summed E-state index contributed by atoms with van der Waals surface area (Å²) in [4.78, 5) is 0.141. The summed E-state index contributed by atoms with van der Waals surface area (Å²) in [7, 11) is -1.78. The molecular formula is C13H18Cl2N2O2S. The molecular weight excluding hydrogens is 319 g/mol. The number of benzene rings is 1. The number of halogens is 2. The van der Waals surface area contributed by atoms with E-state index in [0.717, 1.165) is 18.4 Å². The molecule has 0 aromatic heterocycles. The highest BCUT2D eigenvalue weighted by Gasteiger charge is 2.34. The molecule has 1 atom stereocenters. The van der Waals surface area contributed by atoms with Crippen LogP contribution in [0.3, 0.4) is 0 Å². The molecule has 0 saturated carbocycles. The van der Waals surface area contributed by atoms with E-state index in [9.17, 15) is 8.42 Å². The standard InChI is InChI=1S/C13H18Cl2N2O2S/c1-9-4-3-5-17(9)20(18,19)13-6-10(8-16-2)11(14)7-12(13)15/h6-7,9,16H,3-5,8H2,1-2H3. The fourth-order valence-corrected chi connectivity index (χ4v) is 5.03. The van der Waals surface area contributed by atoms with Crippen LogP contribution >= 0.6 is 23.2 Å². The largest absolute Gasteiger partial charge is 0.316 e. The minimum Gasteiger partial charge on any atom is -0.316 e. The third-order valence-corrected chi connectivity index (χ3v) is 6.38. The zero-order chi connectivity index (χ0) is 14.9. The predicted octanol–water partition coefficient (Wildman–Crippen LogP) is 2.89. The summed E-state index contributed by atoms with van der Waals surface area (Å²) in [5.74, 6) is 0. The second-order valence-electron chi connectivity index (χ2n) is 5.01. The van der Waals surface area contributed by atoms with Gasteiger partial charge in [-0.25, -0.2) is 8.42 Å². The van der Waals surface area contributed by atoms with Crippen LogP contribution in [0.1, 0.15) is 25.3 Å². The normalized spacial score (nSPS) is 20.5. The van der Waals surface area contributed by atoms with Crippen LogP contribution in [0, 0.1) is 0 Å². The van der Waals surface area contributed by atoms with Gasteiger partial charge >= 0.3 is 0 Å². The van der Waals surface area contributed by atoms with E-state index in [1.807, 2.05) is 6.92 Å². The highest BCUT2D eigenvalue weighted by atomic mass is 35.5. The van der Waals surface area contributed by atoms with Crippen molar-refractivity contribution in [3.63, 3.8) is 0 Å². The molecule has 1 aromatic carbocycles. The molecule has 20 heavy (non-hydrogen) atoms. The second-order valence-corrected chi connectivity index (χ2v) is 7.68. The third kappa shape index (κ3) is 2.97. The van der Waals surface area contributed by atoms with Gasteiger partial charge in [0.25, 0.3) is 0 Å². The van der Waals surface area contributed by atoms with Crippen LogP contribution in [0.2, 0.25) is 10.0 Å². The van der Waals surface area contributed by atoms with Crippen molar-refractivity contribution in [2.24, 2.45) is 0 Å². The molecule has 1 heterocycles. The lowest BCUT2D eigenvalue weighted by molar-refractivity contribution is 0.408. The number of hydrogen-bond donors (Lipinski definition) is 1. The minimum absolute atomic E-state index is 0.0134. The summed E-state index contributed by atoms with van der Waals surface area (Å²) in [6, 6.07) is 3.09. The van der Waals surface area contributed by atoms with Gasteiger partial charge in [0.15, 0.2) is 0 Å². The zero-order valence-electron chi connectivity index (χ0n) is 11.5. The van der Waals surface area contributed by atoms with Gasteiger partial charge in [0, 0.05) is 24.2 Å². The average molecular weight is 337 g/mol. The van der Waals surface area contributed by atoms with Crippen molar-refractivity contribution in [1.82, 2.24) is 9.62 Å². The topological polar surface area (TPSA) is 49.4 Å². The van der Waals surface area contributed by atoms with Gasteiger partial charge in [-0.15, -0.1) is 0 Å². The molecule has 1 aliphatic rings. The molecule has 7 heteroatoms. The Labute approximate surface area is 130 Å². The molecule has 0 amide bonds. The van der Waals surface area contributed by atoms with Gasteiger partial charge in [-0.2, -0.15) is 4.31 Å². The minimum atomic E-state index is -3.56. The molecule has 2 rings (SSSR count). The zero-order valence-corrected chi connectivity index (χ0v) is 13.8. The molecule has 1 unspecified atom stereocenters. The van der Waals surface area contributed by atoms with E-state index in [4.69, 9.17) is 23.2 Å². The Hall–Kier alpha value is -0.330. The first-order valence-electron chi connectivity index (χ1n) is 6.52. The maximum absolute atomic E-state index is 12.7. The maximum Gasteiger partial charge on any atom is 0.244 e. The van der Waals surface area contributed by atoms with E-state index in [0.29, 0.717) is 18.1 Å². The molecule has 0 radical (unpaired) electrons. The van der Waals surface area contributed by atoms with Gasteiger partial charge in [-0.3, -0.25) is 0 Å². The summed E-state index contributed by atoms with van der Waals surface area (Å²) >= 11 is 12.2. The van der Waals surface area contributed by atoms with Gasteiger partial charge in [0.2, 0.25) is 10.0 Å². The molecule has 4 nitrogen and oxygen atoms in total. The fourth-order valence-electron chi connectivity index (χ4n) is 2.49. The monoisotopic (exact) mass is 336 g/mol. The predicted molar refractivity (Wildman–Crippen MR) is 81.8 cm³/mol. The second kappa shape index (κ2) is 6.20. The average Bonchev–Trinajstić information content (AvgIpc) is 2.79. The molecule has 0 spiro atoms. The van der Waals surface area contributed by atoms with E-state index < -0.39 is 10.0 Å². The molecule has 1 N–H and O–H groups in total.